The predicted octanol–water partition coefficient (Wildman–Crippen LogP) is 3.14. The van der Waals surface area contributed by atoms with Crippen molar-refractivity contribution in [2.24, 2.45) is 11.7 Å². The van der Waals surface area contributed by atoms with Gasteiger partial charge in [0.05, 0.1) is 5.69 Å². The number of aromatic nitrogens is 2. The van der Waals surface area contributed by atoms with E-state index in [9.17, 15) is 4.79 Å². The van der Waals surface area contributed by atoms with Crippen LogP contribution in [0.1, 0.15) is 35.9 Å². The van der Waals surface area contributed by atoms with Gasteiger partial charge in [0.15, 0.2) is 5.69 Å². The van der Waals surface area contributed by atoms with Gasteiger partial charge >= 0.3 is 0 Å². The van der Waals surface area contributed by atoms with E-state index in [0.29, 0.717) is 11.6 Å². The van der Waals surface area contributed by atoms with Gasteiger partial charge in [-0.15, -0.1) is 0 Å². The van der Waals surface area contributed by atoms with Gasteiger partial charge in [-0.2, -0.15) is 5.10 Å². The maximum Gasteiger partial charge on any atom is 0.274 e. The summed E-state index contributed by atoms with van der Waals surface area (Å²) in [6.07, 6.45) is 2.10. The van der Waals surface area contributed by atoms with Gasteiger partial charge in [-0.25, -0.2) is 4.68 Å². The average Bonchev–Trinajstić information content (AvgIpc) is 2.97. The van der Waals surface area contributed by atoms with E-state index in [1.165, 1.54) is 0 Å². The molecule has 128 valence electrons. The molecule has 1 aliphatic rings. The predicted molar refractivity (Wildman–Crippen MR) is 98.3 cm³/mol. The fourth-order valence-corrected chi connectivity index (χ4v) is 3.47. The van der Waals surface area contributed by atoms with Gasteiger partial charge in [0, 0.05) is 29.3 Å². The first-order valence-corrected chi connectivity index (χ1v) is 9.12. The van der Waals surface area contributed by atoms with Crippen LogP contribution in [0.25, 0.3) is 5.69 Å². The van der Waals surface area contributed by atoms with E-state index in [1.807, 2.05) is 53.8 Å². The first-order chi connectivity index (χ1) is 11.5. The minimum Gasteiger partial charge on any atom is -0.337 e. The molecule has 3 rings (SSSR count). The van der Waals surface area contributed by atoms with Gasteiger partial charge in [0.25, 0.3) is 5.91 Å². The molecule has 6 heteroatoms. The van der Waals surface area contributed by atoms with E-state index in [4.69, 9.17) is 5.73 Å². The van der Waals surface area contributed by atoms with Crippen molar-refractivity contribution < 1.29 is 4.79 Å². The molecule has 24 heavy (non-hydrogen) atoms. The normalized spacial score (nSPS) is 19.3. The van der Waals surface area contributed by atoms with Crippen molar-refractivity contribution in [2.75, 3.05) is 13.1 Å². The highest BCUT2D eigenvalue weighted by atomic mass is 79.9. The summed E-state index contributed by atoms with van der Waals surface area (Å²) in [5, 5.41) is 4.53. The molecule has 2 aromatic rings. The molecule has 0 bridgehead atoms. The second-order valence-corrected chi connectivity index (χ2v) is 7.49. The number of hydrogen-bond donors (Lipinski definition) is 1. The fourth-order valence-electron chi connectivity index (χ4n) is 3.21. The van der Waals surface area contributed by atoms with Crippen LogP contribution >= 0.6 is 15.9 Å². The Morgan fingerprint density at radius 2 is 2.08 bits per heavy atom. The minimum atomic E-state index is -0.000637. The third-order valence-electron chi connectivity index (χ3n) is 4.67. The maximum absolute atomic E-state index is 12.8. The van der Waals surface area contributed by atoms with Crippen molar-refractivity contribution in [1.29, 1.82) is 0 Å². The molecule has 2 N–H and O–H groups in total. The first-order valence-electron chi connectivity index (χ1n) is 8.33. The van der Waals surface area contributed by atoms with Gasteiger partial charge < -0.3 is 10.6 Å². The highest BCUT2D eigenvalue weighted by Crippen LogP contribution is 2.21. The zero-order valence-electron chi connectivity index (χ0n) is 14.1. The van der Waals surface area contributed by atoms with Crippen LogP contribution in [0.2, 0.25) is 0 Å². The highest BCUT2D eigenvalue weighted by Gasteiger charge is 2.28. The van der Waals surface area contributed by atoms with Crippen molar-refractivity contribution in [3.05, 3.63) is 46.2 Å². The van der Waals surface area contributed by atoms with Gasteiger partial charge in [0.2, 0.25) is 0 Å². The Labute approximate surface area is 151 Å². The molecule has 0 unspecified atom stereocenters. The number of rotatable bonds is 3. The largest absolute Gasteiger partial charge is 0.337 e. The molecule has 0 spiro atoms. The molecule has 1 amide bonds. The van der Waals surface area contributed by atoms with Gasteiger partial charge in [-0.1, -0.05) is 15.9 Å². The summed E-state index contributed by atoms with van der Waals surface area (Å²) in [5.74, 6) is 0.372. The Morgan fingerprint density at radius 3 is 2.75 bits per heavy atom. The standard InChI is InChI=1S/C18H23BrN4O/c1-12-10-17(21-23(12)16-7-5-15(19)6-8-16)18(24)22-9-3-4-14(11-22)13(2)20/h5-8,10,13-14H,3-4,9,11,20H2,1-2H3/t13-,14+/m1/s1. The third-order valence-corrected chi connectivity index (χ3v) is 5.20. The topological polar surface area (TPSA) is 64.2 Å². The molecule has 2 heterocycles. The van der Waals surface area contributed by atoms with Crippen LogP contribution in [-0.2, 0) is 0 Å². The van der Waals surface area contributed by atoms with Crippen LogP contribution in [0.15, 0.2) is 34.8 Å². The van der Waals surface area contributed by atoms with E-state index < -0.39 is 0 Å². The van der Waals surface area contributed by atoms with E-state index in [-0.39, 0.29) is 11.9 Å². The fraction of sp³-hybridized carbons (Fsp3) is 0.444. The summed E-state index contributed by atoms with van der Waals surface area (Å²) in [6.45, 7) is 5.49. The van der Waals surface area contributed by atoms with Crippen LogP contribution in [0.3, 0.4) is 0 Å². The molecular weight excluding hydrogens is 368 g/mol. The van der Waals surface area contributed by atoms with Gasteiger partial charge in [-0.05, 0) is 62.9 Å². The van der Waals surface area contributed by atoms with Crippen molar-refractivity contribution in [2.45, 2.75) is 32.7 Å². The maximum atomic E-state index is 12.8. The average molecular weight is 391 g/mol. The van der Waals surface area contributed by atoms with Gasteiger partial charge in [-0.3, -0.25) is 4.79 Å². The van der Waals surface area contributed by atoms with Crippen LogP contribution in [-0.4, -0.2) is 39.7 Å². The molecule has 1 saturated heterocycles. The number of amides is 1. The Hall–Kier alpha value is -1.66. The molecule has 0 aliphatic carbocycles. The summed E-state index contributed by atoms with van der Waals surface area (Å²) in [4.78, 5) is 14.7. The molecule has 1 aliphatic heterocycles. The lowest BCUT2D eigenvalue weighted by Crippen LogP contribution is -2.45. The smallest absolute Gasteiger partial charge is 0.274 e. The SMILES string of the molecule is Cc1cc(C(=O)N2CCC[C@H]([C@@H](C)N)C2)nn1-c1ccc(Br)cc1. The van der Waals surface area contributed by atoms with E-state index >= 15 is 0 Å². The van der Waals surface area contributed by atoms with E-state index in [0.717, 1.165) is 41.8 Å². The Bertz CT molecular complexity index is 723. The Kier molecular flexibility index (Phi) is 5.06. The van der Waals surface area contributed by atoms with E-state index in [1.54, 1.807) is 0 Å². The van der Waals surface area contributed by atoms with Crippen molar-refractivity contribution in [1.82, 2.24) is 14.7 Å². The molecular formula is C18H23BrN4O. The quantitative estimate of drug-likeness (QED) is 0.875. The number of aryl methyl sites for hydroxylation is 1. The Balaban J connectivity index is 1.81. The van der Waals surface area contributed by atoms with Gasteiger partial charge in [0.1, 0.15) is 0 Å². The third kappa shape index (κ3) is 3.54. The summed E-state index contributed by atoms with van der Waals surface area (Å²) in [7, 11) is 0. The highest BCUT2D eigenvalue weighted by molar-refractivity contribution is 9.10. The lowest BCUT2D eigenvalue weighted by Gasteiger charge is -2.34. The lowest BCUT2D eigenvalue weighted by atomic mass is 9.92. The number of nitrogens with zero attached hydrogens (tertiary/aromatic N) is 3. The van der Waals surface area contributed by atoms with Crippen LogP contribution in [0, 0.1) is 12.8 Å². The second kappa shape index (κ2) is 7.07. The number of likely N-dealkylation sites (tertiary alicyclic amines) is 1. The lowest BCUT2D eigenvalue weighted by molar-refractivity contribution is 0.0654. The molecule has 1 aromatic carbocycles. The summed E-state index contributed by atoms with van der Waals surface area (Å²) >= 11 is 3.43. The molecule has 0 saturated carbocycles. The molecule has 1 aromatic heterocycles. The summed E-state index contributed by atoms with van der Waals surface area (Å²) in [5.41, 5.74) is 8.42. The first kappa shape index (κ1) is 17.2. The molecule has 5 nitrogen and oxygen atoms in total. The number of carbonyl (C=O) groups is 1. The van der Waals surface area contributed by atoms with E-state index in [2.05, 4.69) is 21.0 Å². The van der Waals surface area contributed by atoms with Crippen LogP contribution in [0.4, 0.5) is 0 Å². The number of benzene rings is 1. The van der Waals surface area contributed by atoms with Crippen molar-refractivity contribution >= 4 is 21.8 Å². The molecule has 0 radical (unpaired) electrons. The summed E-state index contributed by atoms with van der Waals surface area (Å²) in [6, 6.07) is 9.87. The van der Waals surface area contributed by atoms with Crippen LogP contribution < -0.4 is 5.73 Å². The van der Waals surface area contributed by atoms with Crippen LogP contribution in [0.5, 0.6) is 0 Å². The van der Waals surface area contributed by atoms with Crippen molar-refractivity contribution in [3.8, 4) is 5.69 Å². The zero-order valence-corrected chi connectivity index (χ0v) is 15.7. The monoisotopic (exact) mass is 390 g/mol. The number of piperidine rings is 1. The minimum absolute atomic E-state index is 0.000637. The number of nitrogens with two attached hydrogens (primary N) is 1. The second-order valence-electron chi connectivity index (χ2n) is 6.57. The number of hydrogen-bond acceptors (Lipinski definition) is 3. The molecule has 1 fully saturated rings. The Morgan fingerprint density at radius 1 is 1.38 bits per heavy atom. The number of carbonyl (C=O) groups excluding carboxylic acids is 1. The number of halogens is 1. The summed E-state index contributed by atoms with van der Waals surface area (Å²) < 4.78 is 2.83. The van der Waals surface area contributed by atoms with Crippen molar-refractivity contribution in [3.63, 3.8) is 0 Å². The zero-order chi connectivity index (χ0) is 17.3. The molecule has 2 atom stereocenters.